The second-order valence-electron chi connectivity index (χ2n) is 5.69. The maximum absolute atomic E-state index is 12.4. The highest BCUT2D eigenvalue weighted by molar-refractivity contribution is 8.00. The Hall–Kier alpha value is -1.16. The Morgan fingerprint density at radius 3 is 2.45 bits per heavy atom. The Balaban J connectivity index is 1.56. The quantitative estimate of drug-likeness (QED) is 0.910. The molecule has 1 unspecified atom stereocenters. The molecule has 1 atom stereocenters. The van der Waals surface area contributed by atoms with E-state index in [9.17, 15) is 9.90 Å². The van der Waals surface area contributed by atoms with E-state index in [1.165, 1.54) is 12.0 Å². The molecule has 0 aliphatic carbocycles. The number of nitrogens with zero attached hydrogens (tertiary/aromatic N) is 1. The molecule has 2 aliphatic heterocycles. The summed E-state index contributed by atoms with van der Waals surface area (Å²) in [5.74, 6) is 2.34. The third kappa shape index (κ3) is 2.95. The number of benzene rings is 1. The van der Waals surface area contributed by atoms with Gasteiger partial charge in [0, 0.05) is 13.1 Å². The molecule has 0 spiro atoms. The summed E-state index contributed by atoms with van der Waals surface area (Å²) in [7, 11) is 0. The minimum atomic E-state index is 0.222. The average Bonchev–Trinajstić information content (AvgIpc) is 3.02. The predicted octanol–water partition coefficient (Wildman–Crippen LogP) is 2.99. The number of phenols is 1. The highest BCUT2D eigenvalue weighted by Gasteiger charge is 2.30. The van der Waals surface area contributed by atoms with Crippen molar-refractivity contribution in [3.05, 3.63) is 29.8 Å². The fraction of sp³-hybridized carbons (Fsp3) is 0.562. The summed E-state index contributed by atoms with van der Waals surface area (Å²) in [6, 6.07) is 7.51. The number of carbonyl (C=O) groups excluding carboxylic acids is 1. The first-order valence-corrected chi connectivity index (χ1v) is 8.48. The molecule has 0 bridgehead atoms. The van der Waals surface area contributed by atoms with Gasteiger partial charge in [0.05, 0.1) is 5.25 Å². The summed E-state index contributed by atoms with van der Waals surface area (Å²) in [4.78, 5) is 14.4. The maximum Gasteiger partial charge on any atom is 0.235 e. The SMILES string of the molecule is O=C(C1CCCS1)N1CCC(c2ccc(O)cc2)CC1. The number of carbonyl (C=O) groups is 1. The summed E-state index contributed by atoms with van der Waals surface area (Å²) in [6.07, 6.45) is 4.31. The molecular formula is C16H21NO2S. The zero-order chi connectivity index (χ0) is 13.9. The van der Waals surface area contributed by atoms with Crippen molar-refractivity contribution in [1.82, 2.24) is 4.90 Å². The van der Waals surface area contributed by atoms with Gasteiger partial charge in [-0.3, -0.25) is 4.79 Å². The maximum atomic E-state index is 12.4. The summed E-state index contributed by atoms with van der Waals surface area (Å²) in [5, 5.41) is 9.56. The fourth-order valence-corrected chi connectivity index (χ4v) is 4.40. The first kappa shape index (κ1) is 13.8. The molecule has 3 nitrogen and oxygen atoms in total. The topological polar surface area (TPSA) is 40.5 Å². The lowest BCUT2D eigenvalue weighted by atomic mass is 9.89. The van der Waals surface area contributed by atoms with Crippen LogP contribution in [0.15, 0.2) is 24.3 Å². The fourth-order valence-electron chi connectivity index (χ4n) is 3.16. The Morgan fingerprint density at radius 1 is 1.15 bits per heavy atom. The van der Waals surface area contributed by atoms with Gasteiger partial charge in [-0.25, -0.2) is 0 Å². The number of hydrogen-bond donors (Lipinski definition) is 1. The molecule has 1 N–H and O–H groups in total. The first-order valence-electron chi connectivity index (χ1n) is 7.43. The van der Waals surface area contributed by atoms with Crippen LogP contribution in [0.5, 0.6) is 5.75 Å². The van der Waals surface area contributed by atoms with Gasteiger partial charge in [-0.05, 0) is 55.1 Å². The van der Waals surface area contributed by atoms with E-state index in [0.717, 1.165) is 38.1 Å². The molecule has 2 aliphatic rings. The van der Waals surface area contributed by atoms with Crippen LogP contribution in [0.1, 0.15) is 37.2 Å². The highest BCUT2D eigenvalue weighted by atomic mass is 32.2. The molecule has 108 valence electrons. The van der Waals surface area contributed by atoms with Crippen LogP contribution in [-0.2, 0) is 4.79 Å². The monoisotopic (exact) mass is 291 g/mol. The van der Waals surface area contributed by atoms with Crippen LogP contribution < -0.4 is 0 Å². The van der Waals surface area contributed by atoms with E-state index in [1.807, 2.05) is 23.9 Å². The molecule has 2 heterocycles. The van der Waals surface area contributed by atoms with Crippen molar-refractivity contribution in [2.75, 3.05) is 18.8 Å². The van der Waals surface area contributed by atoms with Crippen LogP contribution in [0.4, 0.5) is 0 Å². The van der Waals surface area contributed by atoms with Gasteiger partial charge in [0.1, 0.15) is 5.75 Å². The molecule has 2 fully saturated rings. The van der Waals surface area contributed by atoms with Crippen molar-refractivity contribution >= 4 is 17.7 Å². The Morgan fingerprint density at radius 2 is 1.85 bits per heavy atom. The van der Waals surface area contributed by atoms with Crippen molar-refractivity contribution in [2.45, 2.75) is 36.9 Å². The number of likely N-dealkylation sites (tertiary alicyclic amines) is 1. The van der Waals surface area contributed by atoms with Gasteiger partial charge in [-0.1, -0.05) is 12.1 Å². The van der Waals surface area contributed by atoms with E-state index < -0.39 is 0 Å². The van der Waals surface area contributed by atoms with Crippen LogP contribution in [0.25, 0.3) is 0 Å². The highest BCUT2D eigenvalue weighted by Crippen LogP contribution is 2.32. The van der Waals surface area contributed by atoms with Gasteiger partial charge >= 0.3 is 0 Å². The van der Waals surface area contributed by atoms with Gasteiger partial charge in [-0.2, -0.15) is 0 Å². The number of amides is 1. The third-order valence-electron chi connectivity index (χ3n) is 4.38. The van der Waals surface area contributed by atoms with E-state index in [0.29, 0.717) is 17.6 Å². The molecule has 4 heteroatoms. The number of phenolic OH excluding ortho intramolecular Hbond substituents is 1. The lowest BCUT2D eigenvalue weighted by Gasteiger charge is -2.33. The zero-order valence-electron chi connectivity index (χ0n) is 11.6. The smallest absolute Gasteiger partial charge is 0.235 e. The molecule has 0 aromatic heterocycles. The number of aromatic hydroxyl groups is 1. The third-order valence-corrected chi connectivity index (χ3v) is 5.74. The number of hydrogen-bond acceptors (Lipinski definition) is 3. The van der Waals surface area contributed by atoms with E-state index in [1.54, 1.807) is 12.1 Å². The first-order chi connectivity index (χ1) is 9.74. The summed E-state index contributed by atoms with van der Waals surface area (Å²) < 4.78 is 0. The van der Waals surface area contributed by atoms with Gasteiger partial charge < -0.3 is 10.0 Å². The summed E-state index contributed by atoms with van der Waals surface area (Å²) >= 11 is 1.82. The predicted molar refractivity (Wildman–Crippen MR) is 82.1 cm³/mol. The molecule has 2 saturated heterocycles. The molecule has 1 aromatic rings. The molecule has 1 amide bonds. The lowest BCUT2D eigenvalue weighted by molar-refractivity contribution is -0.131. The van der Waals surface area contributed by atoms with Gasteiger partial charge in [-0.15, -0.1) is 11.8 Å². The lowest BCUT2D eigenvalue weighted by Crippen LogP contribution is -2.41. The molecule has 1 aromatic carbocycles. The molecule has 0 saturated carbocycles. The minimum Gasteiger partial charge on any atom is -0.508 e. The van der Waals surface area contributed by atoms with E-state index in [2.05, 4.69) is 4.90 Å². The molecule has 20 heavy (non-hydrogen) atoms. The van der Waals surface area contributed by atoms with Crippen molar-refractivity contribution in [3.63, 3.8) is 0 Å². The van der Waals surface area contributed by atoms with Gasteiger partial charge in [0.2, 0.25) is 5.91 Å². The summed E-state index contributed by atoms with van der Waals surface area (Å²) in [5.41, 5.74) is 1.28. The normalized spacial score (nSPS) is 24.0. The Bertz CT molecular complexity index is 460. The Kier molecular flexibility index (Phi) is 4.20. The Labute approximate surface area is 124 Å². The van der Waals surface area contributed by atoms with E-state index >= 15 is 0 Å². The van der Waals surface area contributed by atoms with Crippen LogP contribution >= 0.6 is 11.8 Å². The molecular weight excluding hydrogens is 270 g/mol. The second-order valence-corrected chi connectivity index (χ2v) is 7.00. The van der Waals surface area contributed by atoms with E-state index in [-0.39, 0.29) is 5.25 Å². The van der Waals surface area contributed by atoms with Crippen LogP contribution in [0, 0.1) is 0 Å². The van der Waals surface area contributed by atoms with Crippen LogP contribution in [0.2, 0.25) is 0 Å². The van der Waals surface area contributed by atoms with Crippen LogP contribution in [-0.4, -0.2) is 40.0 Å². The van der Waals surface area contributed by atoms with Crippen molar-refractivity contribution < 1.29 is 9.90 Å². The average molecular weight is 291 g/mol. The van der Waals surface area contributed by atoms with Crippen molar-refractivity contribution in [3.8, 4) is 5.75 Å². The minimum absolute atomic E-state index is 0.222. The largest absolute Gasteiger partial charge is 0.508 e. The number of thioether (sulfide) groups is 1. The van der Waals surface area contributed by atoms with Crippen molar-refractivity contribution in [2.24, 2.45) is 0 Å². The standard InChI is InChI=1S/C16H21NO2S/c18-14-5-3-12(4-6-14)13-7-9-17(10-8-13)16(19)15-2-1-11-20-15/h3-6,13,15,18H,1-2,7-11H2. The summed E-state index contributed by atoms with van der Waals surface area (Å²) in [6.45, 7) is 1.75. The second kappa shape index (κ2) is 6.08. The van der Waals surface area contributed by atoms with Crippen LogP contribution in [0.3, 0.4) is 0 Å². The molecule has 0 radical (unpaired) electrons. The van der Waals surface area contributed by atoms with Gasteiger partial charge in [0.25, 0.3) is 0 Å². The molecule has 3 rings (SSSR count). The number of rotatable bonds is 2. The van der Waals surface area contributed by atoms with E-state index in [4.69, 9.17) is 0 Å². The number of piperidine rings is 1. The zero-order valence-corrected chi connectivity index (χ0v) is 12.4. The van der Waals surface area contributed by atoms with Crippen molar-refractivity contribution in [1.29, 1.82) is 0 Å². The van der Waals surface area contributed by atoms with Gasteiger partial charge in [0.15, 0.2) is 0 Å².